The molecule has 232 valence electrons. The molecule has 7 nitrogen and oxygen atoms in total. The average Bonchev–Trinajstić information content (AvgIpc) is 3.36. The molecular formula is C34H43INO6P. The van der Waals surface area contributed by atoms with Crippen LogP contribution in [0.5, 0.6) is 11.5 Å². The van der Waals surface area contributed by atoms with Gasteiger partial charge in [0.1, 0.15) is 21.2 Å². The van der Waals surface area contributed by atoms with Gasteiger partial charge in [-0.2, -0.15) is 0 Å². The van der Waals surface area contributed by atoms with Gasteiger partial charge >= 0.3 is 0 Å². The fourth-order valence-electron chi connectivity index (χ4n) is 5.59. The van der Waals surface area contributed by atoms with Crippen molar-refractivity contribution in [2.24, 2.45) is 5.92 Å². The van der Waals surface area contributed by atoms with Crippen molar-refractivity contribution < 1.29 is 28.5 Å². The molecule has 43 heavy (non-hydrogen) atoms. The van der Waals surface area contributed by atoms with Crippen LogP contribution in [-0.4, -0.2) is 54.9 Å². The largest absolute Gasteiger partial charge is 0.497 e. The normalized spacial score (nSPS) is 20.7. The van der Waals surface area contributed by atoms with E-state index in [0.717, 1.165) is 34.6 Å². The molecule has 9 heteroatoms. The molecule has 4 rings (SSSR count). The Morgan fingerprint density at radius 3 is 1.98 bits per heavy atom. The van der Waals surface area contributed by atoms with Crippen LogP contribution in [0.25, 0.3) is 0 Å². The van der Waals surface area contributed by atoms with Crippen molar-refractivity contribution in [1.82, 2.24) is 5.32 Å². The van der Waals surface area contributed by atoms with Crippen molar-refractivity contribution >= 4 is 37.7 Å². The second-order valence-electron chi connectivity index (χ2n) is 11.0. The number of benzene rings is 3. The van der Waals surface area contributed by atoms with Crippen LogP contribution in [0.4, 0.5) is 0 Å². The summed E-state index contributed by atoms with van der Waals surface area (Å²) < 4.78 is 30.3. The highest BCUT2D eigenvalue weighted by atomic mass is 127. The Morgan fingerprint density at radius 2 is 1.47 bits per heavy atom. The van der Waals surface area contributed by atoms with Gasteiger partial charge < -0.3 is 29.0 Å². The van der Waals surface area contributed by atoms with Crippen molar-refractivity contribution in [2.75, 3.05) is 20.8 Å². The summed E-state index contributed by atoms with van der Waals surface area (Å²) in [6.07, 6.45) is 0.732. The van der Waals surface area contributed by atoms with E-state index in [1.807, 2.05) is 87.5 Å². The van der Waals surface area contributed by atoms with Crippen molar-refractivity contribution in [3.05, 3.63) is 95.6 Å². The molecule has 1 aliphatic rings. The van der Waals surface area contributed by atoms with Gasteiger partial charge in [-0.1, -0.05) is 77.2 Å². The van der Waals surface area contributed by atoms with Gasteiger partial charge in [0.25, 0.3) is 0 Å². The highest BCUT2D eigenvalue weighted by molar-refractivity contribution is 14.1. The molecule has 0 bridgehead atoms. The van der Waals surface area contributed by atoms with Gasteiger partial charge in [0.2, 0.25) is 5.91 Å². The van der Waals surface area contributed by atoms with Gasteiger partial charge in [-0.05, 0) is 74.1 Å². The number of halogens is 1. The number of carbonyl (C=O) groups is 1. The third-order valence-corrected chi connectivity index (χ3v) is 8.71. The van der Waals surface area contributed by atoms with E-state index < -0.39 is 5.60 Å². The summed E-state index contributed by atoms with van der Waals surface area (Å²) in [5.41, 5.74) is 1.93. The van der Waals surface area contributed by atoms with Crippen molar-refractivity contribution in [2.45, 2.75) is 67.4 Å². The summed E-state index contributed by atoms with van der Waals surface area (Å²) in [5, 5.41) is 3.12. The number of nitrogens with one attached hydrogen (secondary N) is 1. The molecule has 1 saturated heterocycles. The highest BCUT2D eigenvalue weighted by Gasteiger charge is 2.42. The molecule has 5 unspecified atom stereocenters. The van der Waals surface area contributed by atoms with E-state index in [-0.39, 0.29) is 46.6 Å². The highest BCUT2D eigenvalue weighted by Crippen LogP contribution is 2.43. The Hall–Kier alpha value is -2.23. The number of rotatable bonds is 14. The number of carbonyl (C=O) groups excluding carboxylic acids is 1. The Balaban J connectivity index is 1.63. The van der Waals surface area contributed by atoms with Crippen LogP contribution in [0.15, 0.2) is 78.9 Å². The van der Waals surface area contributed by atoms with E-state index in [2.05, 4.69) is 49.3 Å². The van der Waals surface area contributed by atoms with Gasteiger partial charge in [-0.15, -0.1) is 9.24 Å². The van der Waals surface area contributed by atoms with Crippen LogP contribution in [0.1, 0.15) is 50.3 Å². The molecule has 0 radical (unpaired) electrons. The lowest BCUT2D eigenvalue weighted by Crippen LogP contribution is -2.43. The van der Waals surface area contributed by atoms with E-state index in [9.17, 15) is 4.79 Å². The Labute approximate surface area is 271 Å². The number of alkyl halides is 1. The second-order valence-corrected chi connectivity index (χ2v) is 13.5. The van der Waals surface area contributed by atoms with E-state index >= 15 is 0 Å². The lowest BCUT2D eigenvalue weighted by molar-refractivity contribution is -0.125. The molecule has 3 aromatic carbocycles. The first-order valence-electron chi connectivity index (χ1n) is 14.6. The average molecular weight is 720 g/mol. The molecule has 1 heterocycles. The zero-order chi connectivity index (χ0) is 31.0. The zero-order valence-electron chi connectivity index (χ0n) is 25.5. The number of hydrogen-bond donors (Lipinski definition) is 1. The molecule has 1 fully saturated rings. The fraction of sp³-hybridized carbons (Fsp3) is 0.441. The van der Waals surface area contributed by atoms with Gasteiger partial charge in [0, 0.05) is 6.42 Å². The zero-order valence-corrected chi connectivity index (χ0v) is 28.8. The van der Waals surface area contributed by atoms with E-state index in [4.69, 9.17) is 23.7 Å². The van der Waals surface area contributed by atoms with Gasteiger partial charge in [-0.25, -0.2) is 0 Å². The summed E-state index contributed by atoms with van der Waals surface area (Å²) in [6, 6.07) is 26.0. The molecule has 0 saturated carbocycles. The summed E-state index contributed by atoms with van der Waals surface area (Å²) in [5.74, 6) is 1.45. The Kier molecular flexibility index (Phi) is 12.3. The van der Waals surface area contributed by atoms with Gasteiger partial charge in [0.05, 0.1) is 44.9 Å². The van der Waals surface area contributed by atoms with Crippen molar-refractivity contribution in [1.29, 1.82) is 0 Å². The lowest BCUT2D eigenvalue weighted by Gasteiger charge is -2.37. The standard InChI is InChI=1S/C34H43INO6P/c1-22(23(2)41-24(3)35)36-32(37)19-25-20-33(43)42-31(25)21-40-34(26-9-7-6-8-10-26,27-11-15-29(38-4)16-12-27)28-13-17-30(39-5)18-14-28/h6-18,22-25,31,33H,19-21,43H2,1-5H3,(H,36,37)/t22-,23?,24?,25-,31?,33?/m1/s1. The number of ether oxygens (including phenoxy) is 5. The lowest BCUT2D eigenvalue weighted by atomic mass is 9.80. The van der Waals surface area contributed by atoms with E-state index in [0.29, 0.717) is 6.42 Å². The molecule has 1 aliphatic heterocycles. The van der Waals surface area contributed by atoms with Crippen LogP contribution in [0.3, 0.4) is 0 Å². The maximum absolute atomic E-state index is 13.1. The monoisotopic (exact) mass is 719 g/mol. The quantitative estimate of drug-likeness (QED) is 0.0866. The minimum absolute atomic E-state index is 0.00497. The van der Waals surface area contributed by atoms with Crippen LogP contribution in [-0.2, 0) is 24.6 Å². The SMILES string of the molecule is COc1ccc(C(OCC2OC(P)C[C@H]2CC(=O)N[C@H](C)C(C)OC(C)I)(c2ccccc2)c2ccc(OC)cc2)cc1. The summed E-state index contributed by atoms with van der Waals surface area (Å²) in [7, 11) is 6.08. The Morgan fingerprint density at radius 1 is 0.930 bits per heavy atom. The number of amides is 1. The molecule has 7 atom stereocenters. The predicted molar refractivity (Wildman–Crippen MR) is 181 cm³/mol. The molecular weight excluding hydrogens is 676 g/mol. The van der Waals surface area contributed by atoms with E-state index in [1.54, 1.807) is 14.2 Å². The Bertz CT molecular complexity index is 1240. The third kappa shape index (κ3) is 8.49. The summed E-state index contributed by atoms with van der Waals surface area (Å²) in [6.45, 7) is 6.23. The van der Waals surface area contributed by atoms with E-state index in [1.165, 1.54) is 0 Å². The van der Waals surface area contributed by atoms with Crippen molar-refractivity contribution in [3.8, 4) is 11.5 Å². The minimum atomic E-state index is -0.952. The second kappa shape index (κ2) is 15.7. The minimum Gasteiger partial charge on any atom is -0.497 e. The molecule has 1 amide bonds. The van der Waals surface area contributed by atoms with Crippen LogP contribution >= 0.6 is 31.8 Å². The maximum Gasteiger partial charge on any atom is 0.220 e. The molecule has 1 N–H and O–H groups in total. The van der Waals surface area contributed by atoms with Gasteiger partial charge in [-0.3, -0.25) is 4.79 Å². The fourth-order valence-corrected chi connectivity index (χ4v) is 6.61. The van der Waals surface area contributed by atoms with Crippen LogP contribution in [0.2, 0.25) is 0 Å². The van der Waals surface area contributed by atoms with Crippen molar-refractivity contribution in [3.63, 3.8) is 0 Å². The first-order chi connectivity index (χ1) is 20.7. The third-order valence-electron chi connectivity index (χ3n) is 7.99. The summed E-state index contributed by atoms with van der Waals surface area (Å²) >= 11 is 2.22. The van der Waals surface area contributed by atoms with Crippen LogP contribution < -0.4 is 14.8 Å². The molecule has 0 spiro atoms. The summed E-state index contributed by atoms with van der Waals surface area (Å²) in [4.78, 5) is 13.1. The molecule has 0 aliphatic carbocycles. The first-order valence-corrected chi connectivity index (χ1v) is 16.6. The first kappa shape index (κ1) is 33.7. The molecule has 3 aromatic rings. The number of methoxy groups -OCH3 is 2. The van der Waals surface area contributed by atoms with Gasteiger partial charge in [0.15, 0.2) is 0 Å². The predicted octanol–water partition coefficient (Wildman–Crippen LogP) is 6.70. The van der Waals surface area contributed by atoms with Crippen LogP contribution in [0, 0.1) is 5.92 Å². The molecule has 0 aromatic heterocycles. The maximum atomic E-state index is 13.1. The topological polar surface area (TPSA) is 75.3 Å². The number of hydrogen-bond acceptors (Lipinski definition) is 6. The smallest absolute Gasteiger partial charge is 0.220 e.